The van der Waals surface area contributed by atoms with Gasteiger partial charge >= 0.3 is 0 Å². The van der Waals surface area contributed by atoms with Crippen LogP contribution in [-0.2, 0) is 0 Å². The van der Waals surface area contributed by atoms with E-state index in [0.29, 0.717) is 5.39 Å². The first-order valence-electron chi connectivity index (χ1n) is 6.33. The highest BCUT2D eigenvalue weighted by Crippen LogP contribution is 2.30. The van der Waals surface area contributed by atoms with Crippen molar-refractivity contribution in [1.82, 2.24) is 0 Å². The Morgan fingerprint density at radius 2 is 1.26 bits per heavy atom. The van der Waals surface area contributed by atoms with E-state index in [9.17, 15) is 4.39 Å². The van der Waals surface area contributed by atoms with Gasteiger partial charge in [0.15, 0.2) is 0 Å². The van der Waals surface area contributed by atoms with Gasteiger partial charge in [-0.05, 0) is 45.1 Å². The van der Waals surface area contributed by atoms with Gasteiger partial charge in [0.1, 0.15) is 5.82 Å². The van der Waals surface area contributed by atoms with Crippen LogP contribution in [0.2, 0.25) is 0 Å². The molecule has 90 valence electrons. The summed E-state index contributed by atoms with van der Waals surface area (Å²) < 4.78 is 14.1. The molecule has 0 saturated heterocycles. The van der Waals surface area contributed by atoms with Crippen LogP contribution in [0.5, 0.6) is 0 Å². The molecule has 0 bridgehead atoms. The Bertz CT molecular complexity index is 922. The van der Waals surface area contributed by atoms with E-state index in [4.69, 9.17) is 0 Å². The molecule has 0 atom stereocenters. The van der Waals surface area contributed by atoms with Crippen molar-refractivity contribution < 1.29 is 4.39 Å². The molecule has 0 radical (unpaired) electrons. The van der Waals surface area contributed by atoms with Crippen LogP contribution >= 0.6 is 0 Å². The van der Waals surface area contributed by atoms with Crippen LogP contribution in [-0.4, -0.2) is 0 Å². The van der Waals surface area contributed by atoms with Gasteiger partial charge in [-0.2, -0.15) is 0 Å². The number of halogens is 1. The number of rotatable bonds is 0. The fraction of sp³-hybridized carbons (Fsp3) is 0. The molecule has 0 N–H and O–H groups in total. The summed E-state index contributed by atoms with van der Waals surface area (Å²) in [6.07, 6.45) is 0. The van der Waals surface area contributed by atoms with E-state index in [0.717, 1.165) is 21.5 Å². The summed E-state index contributed by atoms with van der Waals surface area (Å²) in [5.74, 6) is -0.154. The zero-order valence-electron chi connectivity index (χ0n) is 10.2. The summed E-state index contributed by atoms with van der Waals surface area (Å²) in [6.45, 7) is 0. The van der Waals surface area contributed by atoms with Gasteiger partial charge in [0.05, 0.1) is 0 Å². The second kappa shape index (κ2) is 3.79. The van der Waals surface area contributed by atoms with E-state index in [1.807, 2.05) is 24.3 Å². The maximum absolute atomic E-state index is 14.1. The van der Waals surface area contributed by atoms with Crippen molar-refractivity contribution in [3.05, 3.63) is 72.5 Å². The van der Waals surface area contributed by atoms with Gasteiger partial charge in [-0.3, -0.25) is 0 Å². The Morgan fingerprint density at radius 3 is 2.11 bits per heavy atom. The minimum Gasteiger partial charge on any atom is -0.206 e. The molecular formula is C18H11F. The van der Waals surface area contributed by atoms with E-state index in [1.165, 1.54) is 11.5 Å². The maximum Gasteiger partial charge on any atom is 0.131 e. The molecule has 0 heterocycles. The molecule has 4 rings (SSSR count). The van der Waals surface area contributed by atoms with Crippen LogP contribution in [0, 0.1) is 5.82 Å². The first-order chi connectivity index (χ1) is 9.33. The molecule has 0 amide bonds. The molecule has 1 heteroatoms. The highest BCUT2D eigenvalue weighted by molar-refractivity contribution is 6.12. The fourth-order valence-corrected chi connectivity index (χ4v) is 2.76. The average Bonchev–Trinajstić information content (AvgIpc) is 2.45. The largest absolute Gasteiger partial charge is 0.206 e. The lowest BCUT2D eigenvalue weighted by Crippen LogP contribution is -1.83. The van der Waals surface area contributed by atoms with Gasteiger partial charge in [0.2, 0.25) is 0 Å². The van der Waals surface area contributed by atoms with Crippen LogP contribution in [0.4, 0.5) is 4.39 Å². The quantitative estimate of drug-likeness (QED) is 0.292. The normalized spacial score (nSPS) is 11.4. The molecular weight excluding hydrogens is 235 g/mol. The van der Waals surface area contributed by atoms with Gasteiger partial charge in [0.25, 0.3) is 0 Å². The van der Waals surface area contributed by atoms with Crippen molar-refractivity contribution in [3.8, 4) is 0 Å². The van der Waals surface area contributed by atoms with Crippen molar-refractivity contribution in [2.75, 3.05) is 0 Å². The van der Waals surface area contributed by atoms with E-state index in [1.54, 1.807) is 6.07 Å². The number of benzene rings is 4. The van der Waals surface area contributed by atoms with E-state index in [-0.39, 0.29) is 5.82 Å². The smallest absolute Gasteiger partial charge is 0.131 e. The fourth-order valence-electron chi connectivity index (χ4n) is 2.76. The Morgan fingerprint density at radius 1 is 0.579 bits per heavy atom. The minimum absolute atomic E-state index is 0.154. The summed E-state index contributed by atoms with van der Waals surface area (Å²) in [6, 6.07) is 21.7. The molecule has 0 unspecified atom stereocenters. The third-order valence-electron chi connectivity index (χ3n) is 3.68. The Hall–Kier alpha value is -2.41. The van der Waals surface area contributed by atoms with Crippen molar-refractivity contribution in [2.24, 2.45) is 0 Å². The molecule has 0 saturated carbocycles. The molecule has 0 fully saturated rings. The maximum atomic E-state index is 14.1. The zero-order valence-corrected chi connectivity index (χ0v) is 10.2. The predicted octanol–water partition coefficient (Wildman–Crippen LogP) is 5.29. The van der Waals surface area contributed by atoms with Crippen LogP contribution in [0.25, 0.3) is 32.3 Å². The third kappa shape index (κ3) is 1.52. The van der Waals surface area contributed by atoms with E-state index >= 15 is 0 Å². The highest BCUT2D eigenvalue weighted by atomic mass is 19.1. The average molecular weight is 246 g/mol. The molecule has 4 aromatic rings. The lowest BCUT2D eigenvalue weighted by molar-refractivity contribution is 0.640. The van der Waals surface area contributed by atoms with Gasteiger partial charge in [-0.15, -0.1) is 0 Å². The minimum atomic E-state index is -0.154. The van der Waals surface area contributed by atoms with E-state index < -0.39 is 0 Å². The lowest BCUT2D eigenvalue weighted by atomic mass is 9.98. The topological polar surface area (TPSA) is 0 Å². The highest BCUT2D eigenvalue weighted by Gasteiger charge is 2.06. The summed E-state index contributed by atoms with van der Waals surface area (Å²) in [5, 5.41) is 6.05. The van der Waals surface area contributed by atoms with Crippen LogP contribution in [0.1, 0.15) is 0 Å². The van der Waals surface area contributed by atoms with Gasteiger partial charge in [0, 0.05) is 5.39 Å². The van der Waals surface area contributed by atoms with Crippen molar-refractivity contribution >= 4 is 32.3 Å². The zero-order chi connectivity index (χ0) is 12.8. The second-order valence-corrected chi connectivity index (χ2v) is 4.82. The van der Waals surface area contributed by atoms with E-state index in [2.05, 4.69) is 30.3 Å². The summed E-state index contributed by atoms with van der Waals surface area (Å²) in [7, 11) is 0. The molecule has 0 aliphatic heterocycles. The van der Waals surface area contributed by atoms with Crippen molar-refractivity contribution in [1.29, 1.82) is 0 Å². The summed E-state index contributed by atoms with van der Waals surface area (Å²) in [4.78, 5) is 0. The molecule has 0 spiro atoms. The predicted molar refractivity (Wildman–Crippen MR) is 78.9 cm³/mol. The van der Waals surface area contributed by atoms with Crippen LogP contribution in [0.3, 0.4) is 0 Å². The Kier molecular flexibility index (Phi) is 2.10. The van der Waals surface area contributed by atoms with Crippen molar-refractivity contribution in [2.45, 2.75) is 0 Å². The Balaban J connectivity index is 2.29. The molecule has 0 nitrogen and oxygen atoms in total. The molecule has 4 aromatic carbocycles. The number of hydrogen-bond acceptors (Lipinski definition) is 0. The number of hydrogen-bond donors (Lipinski definition) is 0. The van der Waals surface area contributed by atoms with Crippen LogP contribution in [0.15, 0.2) is 66.7 Å². The Labute approximate surface area is 110 Å². The van der Waals surface area contributed by atoms with Gasteiger partial charge in [-0.1, -0.05) is 48.5 Å². The summed E-state index contributed by atoms with van der Waals surface area (Å²) in [5.41, 5.74) is 0. The third-order valence-corrected chi connectivity index (χ3v) is 3.68. The monoisotopic (exact) mass is 246 g/mol. The molecule has 0 aliphatic rings. The lowest BCUT2D eigenvalue weighted by Gasteiger charge is -2.07. The molecule has 19 heavy (non-hydrogen) atoms. The SMILES string of the molecule is Fc1cccc2ccc3cc4ccccc4cc3c12. The van der Waals surface area contributed by atoms with Crippen LogP contribution < -0.4 is 0 Å². The molecule has 0 aromatic heterocycles. The first kappa shape index (κ1) is 10.5. The number of fused-ring (bicyclic) bond motifs is 4. The summed E-state index contributed by atoms with van der Waals surface area (Å²) >= 11 is 0. The standard InChI is InChI=1S/C18H11F/c19-17-7-3-6-12-8-9-15-10-13-4-1-2-5-14(13)11-16(15)18(12)17/h1-11H. The van der Waals surface area contributed by atoms with Gasteiger partial charge in [-0.25, -0.2) is 4.39 Å². The second-order valence-electron chi connectivity index (χ2n) is 4.82. The van der Waals surface area contributed by atoms with Gasteiger partial charge < -0.3 is 0 Å². The first-order valence-corrected chi connectivity index (χ1v) is 6.33. The van der Waals surface area contributed by atoms with Crippen molar-refractivity contribution in [3.63, 3.8) is 0 Å². The molecule has 0 aliphatic carbocycles.